The van der Waals surface area contributed by atoms with Gasteiger partial charge in [-0.2, -0.15) is 5.26 Å². The molecule has 0 spiro atoms. The molecule has 1 aromatic carbocycles. The van der Waals surface area contributed by atoms with Crippen LogP contribution in [0.1, 0.15) is 36.6 Å². The molecule has 0 N–H and O–H groups in total. The minimum absolute atomic E-state index is 0.628. The van der Waals surface area contributed by atoms with Crippen LogP contribution in [0.3, 0.4) is 0 Å². The summed E-state index contributed by atoms with van der Waals surface area (Å²) in [4.78, 5) is 4.66. The van der Waals surface area contributed by atoms with Crippen LogP contribution in [0.5, 0.6) is 0 Å². The molecule has 1 heterocycles. The Kier molecular flexibility index (Phi) is 1.97. The van der Waals surface area contributed by atoms with Gasteiger partial charge in [-0.1, -0.05) is 6.42 Å². The standard InChI is InChI=1S/C13H13N3/c1-16-12-7-9(8-14)5-6-11(12)15-13(16)10-3-2-4-10/h5-7,10H,2-4H2,1H3. The maximum atomic E-state index is 8.88. The number of rotatable bonds is 1. The van der Waals surface area contributed by atoms with Crippen molar-refractivity contribution in [2.45, 2.75) is 25.2 Å². The van der Waals surface area contributed by atoms with Gasteiger partial charge in [-0.3, -0.25) is 0 Å². The summed E-state index contributed by atoms with van der Waals surface area (Å²) >= 11 is 0. The van der Waals surface area contributed by atoms with Crippen molar-refractivity contribution in [2.24, 2.45) is 7.05 Å². The number of aryl methyl sites for hydroxylation is 1. The third-order valence-corrected chi connectivity index (χ3v) is 3.51. The molecule has 0 unspecified atom stereocenters. The Morgan fingerprint density at radius 2 is 2.25 bits per heavy atom. The lowest BCUT2D eigenvalue weighted by molar-refractivity contribution is 0.395. The second-order valence-corrected chi connectivity index (χ2v) is 4.47. The van der Waals surface area contributed by atoms with E-state index in [-0.39, 0.29) is 0 Å². The van der Waals surface area contributed by atoms with Crippen molar-refractivity contribution in [1.29, 1.82) is 5.26 Å². The molecule has 80 valence electrons. The third-order valence-electron chi connectivity index (χ3n) is 3.51. The van der Waals surface area contributed by atoms with E-state index >= 15 is 0 Å². The van der Waals surface area contributed by atoms with Crippen LogP contribution in [0.25, 0.3) is 11.0 Å². The first kappa shape index (κ1) is 9.41. The highest BCUT2D eigenvalue weighted by Crippen LogP contribution is 2.36. The zero-order valence-electron chi connectivity index (χ0n) is 9.27. The SMILES string of the molecule is Cn1c(C2CCC2)nc2ccc(C#N)cc21. The molecule has 3 rings (SSSR count). The van der Waals surface area contributed by atoms with Crippen molar-refractivity contribution in [3.05, 3.63) is 29.6 Å². The van der Waals surface area contributed by atoms with Crippen LogP contribution in [0, 0.1) is 11.3 Å². The molecule has 0 saturated heterocycles. The molecule has 0 radical (unpaired) electrons. The van der Waals surface area contributed by atoms with Crippen molar-refractivity contribution in [1.82, 2.24) is 9.55 Å². The Morgan fingerprint density at radius 1 is 1.44 bits per heavy atom. The fourth-order valence-corrected chi connectivity index (χ4v) is 2.31. The van der Waals surface area contributed by atoms with E-state index in [1.165, 1.54) is 25.1 Å². The van der Waals surface area contributed by atoms with E-state index in [0.717, 1.165) is 11.0 Å². The van der Waals surface area contributed by atoms with Gasteiger partial charge in [-0.25, -0.2) is 4.98 Å². The van der Waals surface area contributed by atoms with Gasteiger partial charge in [-0.05, 0) is 31.0 Å². The number of nitrogens with zero attached hydrogens (tertiary/aromatic N) is 3. The van der Waals surface area contributed by atoms with Gasteiger partial charge in [0, 0.05) is 13.0 Å². The molecule has 0 amide bonds. The molecule has 0 bridgehead atoms. The fraction of sp³-hybridized carbons (Fsp3) is 0.385. The summed E-state index contributed by atoms with van der Waals surface area (Å²) < 4.78 is 2.14. The summed E-state index contributed by atoms with van der Waals surface area (Å²) in [5.41, 5.74) is 2.78. The molecule has 1 aliphatic carbocycles. The van der Waals surface area contributed by atoms with Gasteiger partial charge < -0.3 is 4.57 Å². The number of aromatic nitrogens is 2. The Balaban J connectivity index is 2.19. The maximum absolute atomic E-state index is 8.88. The predicted octanol–water partition coefficient (Wildman–Crippen LogP) is 2.71. The van der Waals surface area contributed by atoms with E-state index in [9.17, 15) is 0 Å². The lowest BCUT2D eigenvalue weighted by atomic mass is 9.85. The van der Waals surface area contributed by atoms with E-state index in [0.29, 0.717) is 11.5 Å². The first-order chi connectivity index (χ1) is 7.79. The average molecular weight is 211 g/mol. The molecule has 1 aliphatic rings. The van der Waals surface area contributed by atoms with E-state index in [1.54, 1.807) is 0 Å². The number of fused-ring (bicyclic) bond motifs is 1. The van der Waals surface area contributed by atoms with E-state index in [4.69, 9.17) is 5.26 Å². The maximum Gasteiger partial charge on any atom is 0.112 e. The number of imidazole rings is 1. The zero-order chi connectivity index (χ0) is 11.1. The Hall–Kier alpha value is -1.82. The number of nitriles is 1. The van der Waals surface area contributed by atoms with Gasteiger partial charge in [0.05, 0.1) is 22.7 Å². The topological polar surface area (TPSA) is 41.6 Å². The number of hydrogen-bond donors (Lipinski definition) is 0. The normalized spacial score (nSPS) is 16.0. The fourth-order valence-electron chi connectivity index (χ4n) is 2.31. The summed E-state index contributed by atoms with van der Waals surface area (Å²) in [5.74, 6) is 1.80. The van der Waals surface area contributed by atoms with Crippen molar-refractivity contribution in [2.75, 3.05) is 0 Å². The summed E-state index contributed by atoms with van der Waals surface area (Å²) in [6.45, 7) is 0. The molecular formula is C13H13N3. The van der Waals surface area contributed by atoms with Gasteiger partial charge in [0.2, 0.25) is 0 Å². The monoisotopic (exact) mass is 211 g/mol. The van der Waals surface area contributed by atoms with Crippen LogP contribution in [0.2, 0.25) is 0 Å². The first-order valence-electron chi connectivity index (χ1n) is 5.66. The van der Waals surface area contributed by atoms with Gasteiger partial charge in [0.25, 0.3) is 0 Å². The molecule has 3 nitrogen and oxygen atoms in total. The lowest BCUT2D eigenvalue weighted by Crippen LogP contribution is -2.13. The zero-order valence-corrected chi connectivity index (χ0v) is 9.27. The molecule has 0 atom stereocenters. The Morgan fingerprint density at radius 3 is 2.88 bits per heavy atom. The summed E-state index contributed by atoms with van der Waals surface area (Å²) in [7, 11) is 2.05. The van der Waals surface area contributed by atoms with Crippen molar-refractivity contribution in [3.8, 4) is 6.07 Å². The second kappa shape index (κ2) is 3.34. The van der Waals surface area contributed by atoms with E-state index in [1.807, 2.05) is 25.2 Å². The number of hydrogen-bond acceptors (Lipinski definition) is 2. The lowest BCUT2D eigenvalue weighted by Gasteiger charge is -2.24. The van der Waals surface area contributed by atoms with Crippen LogP contribution < -0.4 is 0 Å². The molecule has 0 aliphatic heterocycles. The largest absolute Gasteiger partial charge is 0.331 e. The van der Waals surface area contributed by atoms with E-state index < -0.39 is 0 Å². The van der Waals surface area contributed by atoms with Crippen molar-refractivity contribution in [3.63, 3.8) is 0 Å². The Labute approximate surface area is 94.3 Å². The Bertz CT molecular complexity index is 585. The quantitative estimate of drug-likeness (QED) is 0.727. The van der Waals surface area contributed by atoms with Crippen LogP contribution in [0.4, 0.5) is 0 Å². The minimum atomic E-state index is 0.628. The first-order valence-corrected chi connectivity index (χ1v) is 5.66. The average Bonchev–Trinajstić information content (AvgIpc) is 2.54. The minimum Gasteiger partial charge on any atom is -0.331 e. The van der Waals surface area contributed by atoms with E-state index in [2.05, 4.69) is 15.6 Å². The molecule has 2 aromatic rings. The molecule has 1 aromatic heterocycles. The van der Waals surface area contributed by atoms with Gasteiger partial charge in [-0.15, -0.1) is 0 Å². The van der Waals surface area contributed by atoms with Gasteiger partial charge >= 0.3 is 0 Å². The molecule has 16 heavy (non-hydrogen) atoms. The summed E-state index contributed by atoms with van der Waals surface area (Å²) in [5, 5.41) is 8.88. The second-order valence-electron chi connectivity index (χ2n) is 4.47. The number of benzene rings is 1. The smallest absolute Gasteiger partial charge is 0.112 e. The van der Waals surface area contributed by atoms with Gasteiger partial charge in [0.1, 0.15) is 5.82 Å². The highest BCUT2D eigenvalue weighted by atomic mass is 15.1. The van der Waals surface area contributed by atoms with Crippen LogP contribution >= 0.6 is 0 Å². The summed E-state index contributed by atoms with van der Waals surface area (Å²) in [6, 6.07) is 7.87. The highest BCUT2D eigenvalue weighted by Gasteiger charge is 2.24. The van der Waals surface area contributed by atoms with Gasteiger partial charge in [0.15, 0.2) is 0 Å². The highest BCUT2D eigenvalue weighted by molar-refractivity contribution is 5.77. The van der Waals surface area contributed by atoms with Crippen LogP contribution in [-0.2, 0) is 7.05 Å². The van der Waals surface area contributed by atoms with Crippen molar-refractivity contribution < 1.29 is 0 Å². The molecule has 3 heteroatoms. The molecule has 1 saturated carbocycles. The predicted molar refractivity (Wildman–Crippen MR) is 62.0 cm³/mol. The van der Waals surface area contributed by atoms with Crippen molar-refractivity contribution >= 4 is 11.0 Å². The molecular weight excluding hydrogens is 198 g/mol. The third kappa shape index (κ3) is 1.23. The van der Waals surface area contributed by atoms with Crippen LogP contribution in [0.15, 0.2) is 18.2 Å². The summed E-state index contributed by atoms with van der Waals surface area (Å²) in [6.07, 6.45) is 3.82. The van der Waals surface area contributed by atoms with Crippen LogP contribution in [-0.4, -0.2) is 9.55 Å². The molecule has 1 fully saturated rings.